The maximum atomic E-state index is 12.0. The number of carbonyl (C=O) groups excluding carboxylic acids is 2. The lowest BCUT2D eigenvalue weighted by Crippen LogP contribution is -2.26. The first-order valence-corrected chi connectivity index (χ1v) is 7.05. The zero-order chi connectivity index (χ0) is 15.9. The maximum Gasteiger partial charge on any atom is 0.341 e. The van der Waals surface area contributed by atoms with Gasteiger partial charge in [0.2, 0.25) is 5.91 Å². The number of aromatic nitrogens is 1. The van der Waals surface area contributed by atoms with Crippen molar-refractivity contribution in [3.8, 4) is 11.3 Å². The lowest BCUT2D eigenvalue weighted by molar-refractivity contribution is -0.115. The van der Waals surface area contributed by atoms with Crippen molar-refractivity contribution in [2.75, 3.05) is 25.5 Å². The van der Waals surface area contributed by atoms with Crippen LogP contribution in [0.4, 0.5) is 5.82 Å². The molecular weight excluding hydrogens is 282 g/mol. The van der Waals surface area contributed by atoms with E-state index in [0.717, 1.165) is 11.3 Å². The van der Waals surface area contributed by atoms with Gasteiger partial charge >= 0.3 is 5.97 Å². The minimum atomic E-state index is -0.472. The molecule has 0 fully saturated rings. The van der Waals surface area contributed by atoms with E-state index in [1.165, 1.54) is 0 Å². The number of anilines is 1. The van der Waals surface area contributed by atoms with Gasteiger partial charge in [0, 0.05) is 5.69 Å². The summed E-state index contributed by atoms with van der Waals surface area (Å²) in [6.07, 6.45) is 0. The number of H-pyrrole nitrogens is 1. The van der Waals surface area contributed by atoms with Crippen molar-refractivity contribution < 1.29 is 14.3 Å². The van der Waals surface area contributed by atoms with Crippen molar-refractivity contribution in [1.29, 1.82) is 0 Å². The summed E-state index contributed by atoms with van der Waals surface area (Å²) in [5.74, 6) is -0.368. The number of esters is 1. The minimum Gasteiger partial charge on any atom is -0.462 e. The predicted octanol–water partition coefficient (Wildman–Crippen LogP) is 2.02. The largest absolute Gasteiger partial charge is 0.462 e. The highest BCUT2D eigenvalue weighted by Gasteiger charge is 2.18. The number of hydrogen-bond acceptors (Lipinski definition) is 4. The van der Waals surface area contributed by atoms with Crippen molar-refractivity contribution in [3.05, 3.63) is 42.0 Å². The summed E-state index contributed by atoms with van der Waals surface area (Å²) in [4.78, 5) is 26.9. The summed E-state index contributed by atoms with van der Waals surface area (Å²) in [6, 6.07) is 11.2. The molecule has 0 saturated heterocycles. The molecule has 2 aromatic rings. The van der Waals surface area contributed by atoms with E-state index in [1.54, 1.807) is 20.0 Å². The van der Waals surface area contributed by atoms with Gasteiger partial charge in [0.1, 0.15) is 11.4 Å². The number of rotatable bonds is 6. The lowest BCUT2D eigenvalue weighted by Gasteiger charge is -2.05. The Morgan fingerprint density at radius 1 is 1.23 bits per heavy atom. The molecule has 0 aliphatic carbocycles. The zero-order valence-corrected chi connectivity index (χ0v) is 12.6. The van der Waals surface area contributed by atoms with Crippen LogP contribution in [0.3, 0.4) is 0 Å². The number of hydrogen-bond donors (Lipinski definition) is 3. The van der Waals surface area contributed by atoms with Crippen LogP contribution >= 0.6 is 0 Å². The quantitative estimate of drug-likeness (QED) is 0.713. The molecule has 1 aromatic carbocycles. The lowest BCUT2D eigenvalue weighted by atomic mass is 10.1. The number of ether oxygens (including phenoxy) is 1. The highest BCUT2D eigenvalue weighted by molar-refractivity contribution is 6.02. The molecule has 6 nitrogen and oxygen atoms in total. The molecular formula is C16H19N3O3. The molecule has 1 heterocycles. The summed E-state index contributed by atoms with van der Waals surface area (Å²) in [5, 5.41) is 5.44. The predicted molar refractivity (Wildman–Crippen MR) is 84.7 cm³/mol. The molecule has 1 aromatic heterocycles. The van der Waals surface area contributed by atoms with Crippen LogP contribution in [0, 0.1) is 0 Å². The summed E-state index contributed by atoms with van der Waals surface area (Å²) >= 11 is 0. The van der Waals surface area contributed by atoms with Crippen molar-refractivity contribution in [1.82, 2.24) is 10.3 Å². The number of aromatic amines is 1. The molecule has 1 amide bonds. The zero-order valence-electron chi connectivity index (χ0n) is 12.6. The van der Waals surface area contributed by atoms with Gasteiger partial charge in [-0.2, -0.15) is 0 Å². The Labute approximate surface area is 128 Å². The molecule has 3 N–H and O–H groups in total. The smallest absolute Gasteiger partial charge is 0.341 e. The SMILES string of the molecule is CCOC(=O)c1cc(-c2ccccc2)[nH]c1NC(=O)CNC. The second-order valence-electron chi connectivity index (χ2n) is 4.64. The third-order valence-electron chi connectivity index (χ3n) is 3.00. The maximum absolute atomic E-state index is 12.0. The topological polar surface area (TPSA) is 83.2 Å². The Morgan fingerprint density at radius 3 is 2.59 bits per heavy atom. The second kappa shape index (κ2) is 7.42. The van der Waals surface area contributed by atoms with Gasteiger partial charge in [0.05, 0.1) is 13.2 Å². The molecule has 0 spiro atoms. The Kier molecular flexibility index (Phi) is 5.32. The molecule has 116 valence electrons. The summed E-state index contributed by atoms with van der Waals surface area (Å²) in [7, 11) is 1.68. The number of likely N-dealkylation sites (N-methyl/N-ethyl adjacent to an activating group) is 1. The number of benzene rings is 1. The van der Waals surface area contributed by atoms with Gasteiger partial charge in [-0.3, -0.25) is 4.79 Å². The van der Waals surface area contributed by atoms with Crippen LogP contribution in [0.2, 0.25) is 0 Å². The van der Waals surface area contributed by atoms with Crippen LogP contribution in [-0.4, -0.2) is 37.1 Å². The molecule has 0 aliphatic heterocycles. The van der Waals surface area contributed by atoms with E-state index >= 15 is 0 Å². The molecule has 0 bridgehead atoms. The van der Waals surface area contributed by atoms with Gasteiger partial charge in [-0.15, -0.1) is 0 Å². The van der Waals surface area contributed by atoms with Gasteiger partial charge in [-0.05, 0) is 25.6 Å². The Balaban J connectivity index is 2.34. The monoisotopic (exact) mass is 301 g/mol. The van der Waals surface area contributed by atoms with Crippen molar-refractivity contribution >= 4 is 17.7 Å². The van der Waals surface area contributed by atoms with Gasteiger partial charge in [0.25, 0.3) is 0 Å². The average molecular weight is 301 g/mol. The van der Waals surface area contributed by atoms with Crippen LogP contribution < -0.4 is 10.6 Å². The first-order valence-electron chi connectivity index (χ1n) is 7.05. The number of carbonyl (C=O) groups is 2. The molecule has 0 aliphatic rings. The first-order chi connectivity index (χ1) is 10.7. The van der Waals surface area contributed by atoms with Crippen LogP contribution in [0.5, 0.6) is 0 Å². The Bertz CT molecular complexity index is 650. The van der Waals surface area contributed by atoms with Crippen LogP contribution in [0.25, 0.3) is 11.3 Å². The van der Waals surface area contributed by atoms with Crippen LogP contribution in [-0.2, 0) is 9.53 Å². The molecule has 0 radical (unpaired) electrons. The van der Waals surface area contributed by atoms with E-state index in [4.69, 9.17) is 4.74 Å². The normalized spacial score (nSPS) is 10.3. The van der Waals surface area contributed by atoms with E-state index in [0.29, 0.717) is 11.4 Å². The standard InChI is InChI=1S/C16H19N3O3/c1-3-22-16(21)12-9-13(11-7-5-4-6-8-11)18-15(12)19-14(20)10-17-2/h4-9,17-18H,3,10H2,1-2H3,(H,19,20). The van der Waals surface area contributed by atoms with E-state index in [1.807, 2.05) is 30.3 Å². The minimum absolute atomic E-state index is 0.155. The van der Waals surface area contributed by atoms with Gasteiger partial charge in [-0.25, -0.2) is 4.79 Å². The van der Waals surface area contributed by atoms with E-state index in [-0.39, 0.29) is 19.1 Å². The molecule has 0 unspecified atom stereocenters. The van der Waals surface area contributed by atoms with Crippen LogP contribution in [0.15, 0.2) is 36.4 Å². The second-order valence-corrected chi connectivity index (χ2v) is 4.64. The third-order valence-corrected chi connectivity index (χ3v) is 3.00. The Morgan fingerprint density at radius 2 is 1.95 bits per heavy atom. The first kappa shape index (κ1) is 15.8. The van der Waals surface area contributed by atoms with Gasteiger partial charge in [-0.1, -0.05) is 30.3 Å². The van der Waals surface area contributed by atoms with Crippen LogP contribution in [0.1, 0.15) is 17.3 Å². The summed E-state index contributed by atoms with van der Waals surface area (Å²) < 4.78 is 5.03. The van der Waals surface area contributed by atoms with E-state index in [2.05, 4.69) is 15.6 Å². The third kappa shape index (κ3) is 3.73. The van der Waals surface area contributed by atoms with Gasteiger partial charge in [0.15, 0.2) is 0 Å². The average Bonchev–Trinajstić information content (AvgIpc) is 2.92. The highest BCUT2D eigenvalue weighted by atomic mass is 16.5. The molecule has 6 heteroatoms. The van der Waals surface area contributed by atoms with Crippen molar-refractivity contribution in [2.45, 2.75) is 6.92 Å². The van der Waals surface area contributed by atoms with Crippen molar-refractivity contribution in [3.63, 3.8) is 0 Å². The van der Waals surface area contributed by atoms with E-state index in [9.17, 15) is 9.59 Å². The molecule has 22 heavy (non-hydrogen) atoms. The molecule has 0 saturated carbocycles. The fraction of sp³-hybridized carbons (Fsp3) is 0.250. The van der Waals surface area contributed by atoms with Gasteiger partial charge < -0.3 is 20.4 Å². The number of nitrogens with one attached hydrogen (secondary N) is 3. The highest BCUT2D eigenvalue weighted by Crippen LogP contribution is 2.25. The molecule has 2 rings (SSSR count). The fourth-order valence-electron chi connectivity index (χ4n) is 2.04. The fourth-order valence-corrected chi connectivity index (χ4v) is 2.04. The van der Waals surface area contributed by atoms with Crippen molar-refractivity contribution in [2.24, 2.45) is 0 Å². The Hall–Kier alpha value is -2.60. The summed E-state index contributed by atoms with van der Waals surface area (Å²) in [5.41, 5.74) is 1.97. The summed E-state index contributed by atoms with van der Waals surface area (Å²) in [6.45, 7) is 2.17. The number of amides is 1. The van der Waals surface area contributed by atoms with E-state index < -0.39 is 5.97 Å². The molecule has 0 atom stereocenters.